The Kier molecular flexibility index (Phi) is 5.55. The zero-order chi connectivity index (χ0) is 13.7. The van der Waals surface area contributed by atoms with E-state index in [9.17, 15) is 9.59 Å². The standard InChI is InChI=1S/C12H14O4S2/c1-15-11(13)7-5-6-8(12(14)16-2)10(18-4)9(7)17-3/h5-6H,1-4H3. The average molecular weight is 286 g/mol. The minimum Gasteiger partial charge on any atom is -0.465 e. The first-order valence-electron chi connectivity index (χ1n) is 5.02. The number of methoxy groups -OCH3 is 2. The molecule has 0 saturated heterocycles. The largest absolute Gasteiger partial charge is 0.465 e. The highest BCUT2D eigenvalue weighted by molar-refractivity contribution is 8.01. The van der Waals surface area contributed by atoms with Crippen LogP contribution in [0.2, 0.25) is 0 Å². The lowest BCUT2D eigenvalue weighted by Crippen LogP contribution is -2.09. The summed E-state index contributed by atoms with van der Waals surface area (Å²) in [6.45, 7) is 0. The molecule has 0 fully saturated rings. The Hall–Kier alpha value is -1.14. The second-order valence-electron chi connectivity index (χ2n) is 3.21. The molecule has 6 heteroatoms. The van der Waals surface area contributed by atoms with Crippen molar-refractivity contribution in [3.8, 4) is 0 Å². The van der Waals surface area contributed by atoms with Gasteiger partial charge in [-0.3, -0.25) is 0 Å². The molecule has 0 aromatic heterocycles. The number of hydrogen-bond donors (Lipinski definition) is 0. The quantitative estimate of drug-likeness (QED) is 0.626. The van der Waals surface area contributed by atoms with E-state index in [1.54, 1.807) is 12.1 Å². The van der Waals surface area contributed by atoms with E-state index in [2.05, 4.69) is 0 Å². The summed E-state index contributed by atoms with van der Waals surface area (Å²) in [5, 5.41) is 0. The van der Waals surface area contributed by atoms with Gasteiger partial charge >= 0.3 is 11.9 Å². The molecule has 0 N–H and O–H groups in total. The summed E-state index contributed by atoms with van der Waals surface area (Å²) in [5.74, 6) is -0.822. The van der Waals surface area contributed by atoms with Crippen LogP contribution >= 0.6 is 23.5 Å². The van der Waals surface area contributed by atoms with Gasteiger partial charge in [-0.05, 0) is 24.6 Å². The lowest BCUT2D eigenvalue weighted by Gasteiger charge is -2.13. The summed E-state index contributed by atoms with van der Waals surface area (Å²) < 4.78 is 9.45. The van der Waals surface area contributed by atoms with Crippen molar-refractivity contribution in [3.63, 3.8) is 0 Å². The van der Waals surface area contributed by atoms with Gasteiger partial charge in [0.15, 0.2) is 0 Å². The van der Waals surface area contributed by atoms with Crippen molar-refractivity contribution in [2.45, 2.75) is 9.79 Å². The van der Waals surface area contributed by atoms with Crippen LogP contribution in [0.15, 0.2) is 21.9 Å². The van der Waals surface area contributed by atoms with Gasteiger partial charge in [-0.15, -0.1) is 23.5 Å². The molecular formula is C12H14O4S2. The number of carbonyl (C=O) groups excluding carboxylic acids is 2. The minimum absolute atomic E-state index is 0.411. The molecule has 1 aromatic carbocycles. The molecule has 98 valence electrons. The van der Waals surface area contributed by atoms with Crippen LogP contribution in [0.5, 0.6) is 0 Å². The van der Waals surface area contributed by atoms with Crippen LogP contribution in [0.25, 0.3) is 0 Å². The van der Waals surface area contributed by atoms with Crippen LogP contribution in [-0.2, 0) is 9.47 Å². The zero-order valence-electron chi connectivity index (χ0n) is 10.6. The second kappa shape index (κ2) is 6.70. The highest BCUT2D eigenvalue weighted by Crippen LogP contribution is 2.35. The van der Waals surface area contributed by atoms with Crippen molar-refractivity contribution in [2.24, 2.45) is 0 Å². The summed E-state index contributed by atoms with van der Waals surface area (Å²) in [6, 6.07) is 3.17. The lowest BCUT2D eigenvalue weighted by atomic mass is 10.1. The van der Waals surface area contributed by atoms with Gasteiger partial charge in [0.2, 0.25) is 0 Å². The molecule has 0 radical (unpaired) electrons. The van der Waals surface area contributed by atoms with Gasteiger partial charge in [-0.2, -0.15) is 0 Å². The number of ether oxygens (including phenoxy) is 2. The van der Waals surface area contributed by atoms with E-state index in [1.807, 2.05) is 12.5 Å². The Morgan fingerprint density at radius 3 is 1.44 bits per heavy atom. The van der Waals surface area contributed by atoms with Crippen LogP contribution in [-0.4, -0.2) is 38.7 Å². The number of thioether (sulfide) groups is 2. The van der Waals surface area contributed by atoms with Crippen molar-refractivity contribution in [2.75, 3.05) is 26.7 Å². The summed E-state index contributed by atoms with van der Waals surface area (Å²) in [6.07, 6.45) is 3.70. The van der Waals surface area contributed by atoms with Gasteiger partial charge in [-0.1, -0.05) is 0 Å². The average Bonchev–Trinajstić information content (AvgIpc) is 2.43. The van der Waals surface area contributed by atoms with Crippen molar-refractivity contribution < 1.29 is 19.1 Å². The molecule has 0 aliphatic rings. The molecule has 0 bridgehead atoms. The Morgan fingerprint density at radius 1 is 0.889 bits per heavy atom. The predicted molar refractivity (Wildman–Crippen MR) is 72.7 cm³/mol. The van der Waals surface area contributed by atoms with E-state index >= 15 is 0 Å². The molecule has 1 rings (SSSR count). The van der Waals surface area contributed by atoms with Gasteiger partial charge in [0.25, 0.3) is 0 Å². The second-order valence-corrected chi connectivity index (χ2v) is 4.84. The van der Waals surface area contributed by atoms with E-state index in [0.29, 0.717) is 11.1 Å². The Bertz CT molecular complexity index is 428. The van der Waals surface area contributed by atoms with Crippen molar-refractivity contribution in [1.82, 2.24) is 0 Å². The maximum absolute atomic E-state index is 11.7. The summed E-state index contributed by atoms with van der Waals surface area (Å²) in [4.78, 5) is 24.8. The molecule has 0 atom stereocenters. The monoisotopic (exact) mass is 286 g/mol. The SMILES string of the molecule is COC(=O)c1ccc(C(=O)OC)c(SC)c1SC. The van der Waals surface area contributed by atoms with E-state index in [-0.39, 0.29) is 0 Å². The van der Waals surface area contributed by atoms with Crippen LogP contribution < -0.4 is 0 Å². The molecule has 1 aromatic rings. The molecule has 4 nitrogen and oxygen atoms in total. The third-order valence-corrected chi connectivity index (χ3v) is 4.12. The fraction of sp³-hybridized carbons (Fsp3) is 0.333. The van der Waals surface area contributed by atoms with E-state index in [4.69, 9.17) is 9.47 Å². The Labute approximate surface area is 114 Å². The highest BCUT2D eigenvalue weighted by Gasteiger charge is 2.21. The van der Waals surface area contributed by atoms with E-state index in [1.165, 1.54) is 37.7 Å². The van der Waals surface area contributed by atoms with Crippen LogP contribution in [0, 0.1) is 0 Å². The van der Waals surface area contributed by atoms with Crippen LogP contribution in [0.4, 0.5) is 0 Å². The third-order valence-electron chi connectivity index (χ3n) is 2.33. The molecule has 0 amide bonds. The number of hydrogen-bond acceptors (Lipinski definition) is 6. The predicted octanol–water partition coefficient (Wildman–Crippen LogP) is 2.70. The van der Waals surface area contributed by atoms with Gasteiger partial charge in [0, 0.05) is 9.79 Å². The number of benzene rings is 1. The summed E-state index contributed by atoms with van der Waals surface area (Å²) in [7, 11) is 2.67. The van der Waals surface area contributed by atoms with E-state index in [0.717, 1.165) is 9.79 Å². The fourth-order valence-electron chi connectivity index (χ4n) is 1.51. The van der Waals surface area contributed by atoms with Crippen molar-refractivity contribution >= 4 is 35.5 Å². The van der Waals surface area contributed by atoms with Gasteiger partial charge < -0.3 is 9.47 Å². The Balaban J connectivity index is 3.45. The normalized spacial score (nSPS) is 10.0. The molecule has 0 aliphatic carbocycles. The molecule has 0 aliphatic heterocycles. The summed E-state index contributed by atoms with van der Waals surface area (Å²) in [5.41, 5.74) is 0.920. The zero-order valence-corrected chi connectivity index (χ0v) is 12.2. The molecule has 18 heavy (non-hydrogen) atoms. The molecular weight excluding hydrogens is 272 g/mol. The first-order chi connectivity index (χ1) is 8.60. The van der Waals surface area contributed by atoms with Gasteiger partial charge in [-0.25, -0.2) is 9.59 Å². The maximum atomic E-state index is 11.7. The molecule has 0 unspecified atom stereocenters. The fourth-order valence-corrected chi connectivity index (χ4v) is 3.34. The van der Waals surface area contributed by atoms with Gasteiger partial charge in [0.1, 0.15) is 0 Å². The Morgan fingerprint density at radius 2 is 1.22 bits per heavy atom. The number of rotatable bonds is 4. The van der Waals surface area contributed by atoms with Crippen molar-refractivity contribution in [1.29, 1.82) is 0 Å². The van der Waals surface area contributed by atoms with Crippen LogP contribution in [0.1, 0.15) is 20.7 Å². The van der Waals surface area contributed by atoms with Crippen molar-refractivity contribution in [3.05, 3.63) is 23.3 Å². The number of esters is 2. The third kappa shape index (κ3) is 2.81. The first kappa shape index (κ1) is 14.9. The molecule has 0 saturated carbocycles. The van der Waals surface area contributed by atoms with E-state index < -0.39 is 11.9 Å². The maximum Gasteiger partial charge on any atom is 0.339 e. The van der Waals surface area contributed by atoms with Gasteiger partial charge in [0.05, 0.1) is 25.3 Å². The first-order valence-corrected chi connectivity index (χ1v) is 7.47. The topological polar surface area (TPSA) is 52.6 Å². The molecule has 0 heterocycles. The summed E-state index contributed by atoms with van der Waals surface area (Å²) >= 11 is 2.81. The van der Waals surface area contributed by atoms with Crippen LogP contribution in [0.3, 0.4) is 0 Å². The smallest absolute Gasteiger partial charge is 0.339 e. The molecule has 0 spiro atoms. The highest BCUT2D eigenvalue weighted by atomic mass is 32.2. The lowest BCUT2D eigenvalue weighted by molar-refractivity contribution is 0.0579. The minimum atomic E-state index is -0.411. The number of carbonyl (C=O) groups is 2.